The van der Waals surface area contributed by atoms with Crippen molar-refractivity contribution < 1.29 is 19.7 Å². The Hall–Kier alpha value is -1.30. The SMILES string of the molecule is CC(OC(=O)CN=[N+]=[N-])C(O)CO. The number of ether oxygens (including phenoxy) is 1. The Labute approximate surface area is 74.6 Å². The van der Waals surface area contributed by atoms with Crippen LogP contribution in [0.4, 0.5) is 0 Å². The van der Waals surface area contributed by atoms with Crippen LogP contribution in [0.15, 0.2) is 5.11 Å². The van der Waals surface area contributed by atoms with Crippen molar-refractivity contribution >= 4 is 5.97 Å². The van der Waals surface area contributed by atoms with E-state index in [4.69, 9.17) is 15.7 Å². The van der Waals surface area contributed by atoms with Crippen LogP contribution >= 0.6 is 0 Å². The average Bonchev–Trinajstić information content (AvgIpc) is 2.13. The molecule has 0 aliphatic heterocycles. The lowest BCUT2D eigenvalue weighted by molar-refractivity contribution is -0.153. The van der Waals surface area contributed by atoms with Crippen LogP contribution in [0.2, 0.25) is 0 Å². The minimum Gasteiger partial charge on any atom is -0.460 e. The van der Waals surface area contributed by atoms with Gasteiger partial charge in [0, 0.05) is 4.91 Å². The number of hydrogen-bond acceptors (Lipinski definition) is 5. The molecule has 0 aromatic heterocycles. The van der Waals surface area contributed by atoms with E-state index in [-0.39, 0.29) is 0 Å². The van der Waals surface area contributed by atoms with E-state index < -0.39 is 31.3 Å². The van der Waals surface area contributed by atoms with Crippen molar-refractivity contribution in [1.29, 1.82) is 0 Å². The van der Waals surface area contributed by atoms with Crippen molar-refractivity contribution in [2.24, 2.45) is 5.11 Å². The summed E-state index contributed by atoms with van der Waals surface area (Å²) < 4.78 is 4.59. The van der Waals surface area contributed by atoms with Crippen molar-refractivity contribution in [2.45, 2.75) is 19.1 Å². The largest absolute Gasteiger partial charge is 0.460 e. The third-order valence-corrected chi connectivity index (χ3v) is 1.31. The molecule has 0 radical (unpaired) electrons. The van der Waals surface area contributed by atoms with Crippen molar-refractivity contribution in [2.75, 3.05) is 13.2 Å². The van der Waals surface area contributed by atoms with E-state index in [1.807, 2.05) is 0 Å². The fourth-order valence-corrected chi connectivity index (χ4v) is 0.561. The second-order valence-electron chi connectivity index (χ2n) is 2.33. The van der Waals surface area contributed by atoms with Crippen LogP contribution in [-0.2, 0) is 9.53 Å². The van der Waals surface area contributed by atoms with Crippen molar-refractivity contribution in [3.63, 3.8) is 0 Å². The van der Waals surface area contributed by atoms with Gasteiger partial charge in [-0.2, -0.15) is 0 Å². The first kappa shape index (κ1) is 11.7. The first-order valence-electron chi connectivity index (χ1n) is 3.61. The van der Waals surface area contributed by atoms with Gasteiger partial charge in [-0.25, -0.2) is 0 Å². The van der Waals surface area contributed by atoms with Gasteiger partial charge in [-0.1, -0.05) is 5.11 Å². The van der Waals surface area contributed by atoms with E-state index in [0.717, 1.165) is 0 Å². The quantitative estimate of drug-likeness (QED) is 0.264. The zero-order valence-corrected chi connectivity index (χ0v) is 7.12. The van der Waals surface area contributed by atoms with E-state index >= 15 is 0 Å². The number of rotatable bonds is 5. The molecule has 0 saturated heterocycles. The molecular formula is C6H11N3O4. The molecule has 0 saturated carbocycles. The highest BCUT2D eigenvalue weighted by Crippen LogP contribution is 1.98. The highest BCUT2D eigenvalue weighted by molar-refractivity contribution is 5.71. The molecule has 0 spiro atoms. The summed E-state index contributed by atoms with van der Waals surface area (Å²) in [5.74, 6) is -0.738. The summed E-state index contributed by atoms with van der Waals surface area (Å²) in [5.41, 5.74) is 7.87. The first-order valence-corrected chi connectivity index (χ1v) is 3.61. The molecule has 0 bridgehead atoms. The van der Waals surface area contributed by atoms with Crippen LogP contribution in [0.25, 0.3) is 10.4 Å². The molecule has 0 aliphatic carbocycles. The van der Waals surface area contributed by atoms with Gasteiger partial charge in [0.25, 0.3) is 0 Å². The Morgan fingerprint density at radius 1 is 1.77 bits per heavy atom. The lowest BCUT2D eigenvalue weighted by Crippen LogP contribution is -2.31. The molecule has 0 aliphatic rings. The van der Waals surface area contributed by atoms with E-state index in [1.54, 1.807) is 0 Å². The van der Waals surface area contributed by atoms with Gasteiger partial charge >= 0.3 is 5.97 Å². The Bertz CT molecular complexity index is 214. The number of azide groups is 1. The van der Waals surface area contributed by atoms with Crippen molar-refractivity contribution in [1.82, 2.24) is 0 Å². The normalized spacial score (nSPS) is 14.1. The van der Waals surface area contributed by atoms with Gasteiger partial charge in [0.15, 0.2) is 0 Å². The van der Waals surface area contributed by atoms with Crippen LogP contribution < -0.4 is 0 Å². The molecule has 0 amide bonds. The monoisotopic (exact) mass is 189 g/mol. The maximum Gasteiger partial charge on any atom is 0.312 e. The molecule has 7 nitrogen and oxygen atoms in total. The summed E-state index contributed by atoms with van der Waals surface area (Å²) in [6.45, 7) is 0.518. The summed E-state index contributed by atoms with van der Waals surface area (Å²) in [6, 6.07) is 0. The standard InChI is InChI=1S/C6H11N3O4/c1-4(5(11)3-10)13-6(12)2-8-9-7/h4-5,10-11H,2-3H2,1H3. The summed E-state index contributed by atoms with van der Waals surface area (Å²) in [7, 11) is 0. The minimum absolute atomic E-state index is 0.418. The van der Waals surface area contributed by atoms with Crippen molar-refractivity contribution in [3.05, 3.63) is 10.4 Å². The molecule has 0 fully saturated rings. The number of hydrogen-bond donors (Lipinski definition) is 2. The van der Waals surface area contributed by atoms with Crippen LogP contribution in [0, 0.1) is 0 Å². The Kier molecular flexibility index (Phi) is 5.62. The van der Waals surface area contributed by atoms with Crippen LogP contribution in [0.1, 0.15) is 6.92 Å². The van der Waals surface area contributed by atoms with Gasteiger partial charge < -0.3 is 14.9 Å². The number of aliphatic hydroxyl groups excluding tert-OH is 2. The Morgan fingerprint density at radius 3 is 2.85 bits per heavy atom. The van der Waals surface area contributed by atoms with Crippen molar-refractivity contribution in [3.8, 4) is 0 Å². The second-order valence-corrected chi connectivity index (χ2v) is 2.33. The lowest BCUT2D eigenvalue weighted by atomic mass is 10.2. The number of carbonyl (C=O) groups excluding carboxylic acids is 1. The molecule has 2 N–H and O–H groups in total. The van der Waals surface area contributed by atoms with E-state index in [1.165, 1.54) is 6.92 Å². The molecule has 0 rings (SSSR count). The van der Waals surface area contributed by atoms with Crippen LogP contribution in [0.3, 0.4) is 0 Å². The van der Waals surface area contributed by atoms with Gasteiger partial charge in [-0.05, 0) is 12.5 Å². The maximum absolute atomic E-state index is 10.8. The second kappa shape index (κ2) is 6.24. The molecule has 74 valence electrons. The fourth-order valence-electron chi connectivity index (χ4n) is 0.561. The molecule has 7 heteroatoms. The number of carbonyl (C=O) groups is 1. The third-order valence-electron chi connectivity index (χ3n) is 1.31. The topological polar surface area (TPSA) is 116 Å². The molecule has 0 heterocycles. The van der Waals surface area contributed by atoms with Crippen LogP contribution in [0.5, 0.6) is 0 Å². The van der Waals surface area contributed by atoms with Gasteiger partial charge in [0.05, 0.1) is 6.61 Å². The van der Waals surface area contributed by atoms with Gasteiger partial charge in [0.2, 0.25) is 0 Å². The van der Waals surface area contributed by atoms with Gasteiger partial charge in [0.1, 0.15) is 18.8 Å². The van der Waals surface area contributed by atoms with Gasteiger partial charge in [-0.15, -0.1) is 0 Å². The van der Waals surface area contributed by atoms with E-state index in [0.29, 0.717) is 0 Å². The molecule has 13 heavy (non-hydrogen) atoms. The first-order chi connectivity index (χ1) is 6.11. The molecule has 0 aromatic rings. The number of esters is 1. The highest BCUT2D eigenvalue weighted by atomic mass is 16.6. The molecule has 2 atom stereocenters. The molecule has 2 unspecified atom stereocenters. The zero-order chi connectivity index (χ0) is 10.3. The Morgan fingerprint density at radius 2 is 2.38 bits per heavy atom. The number of nitrogens with zero attached hydrogens (tertiary/aromatic N) is 3. The summed E-state index contributed by atoms with van der Waals surface area (Å²) >= 11 is 0. The predicted octanol–water partition coefficient (Wildman–Crippen LogP) is -0.418. The number of aliphatic hydroxyl groups is 2. The summed E-state index contributed by atoms with van der Waals surface area (Å²) in [5, 5.41) is 20.4. The Balaban J connectivity index is 3.83. The van der Waals surface area contributed by atoms with E-state index in [2.05, 4.69) is 14.8 Å². The minimum atomic E-state index is -1.12. The lowest BCUT2D eigenvalue weighted by Gasteiger charge is -2.16. The fraction of sp³-hybridized carbons (Fsp3) is 0.833. The summed E-state index contributed by atoms with van der Waals surface area (Å²) in [4.78, 5) is 13.1. The smallest absolute Gasteiger partial charge is 0.312 e. The zero-order valence-electron chi connectivity index (χ0n) is 7.12. The maximum atomic E-state index is 10.8. The molecule has 0 aromatic carbocycles. The molecular weight excluding hydrogens is 178 g/mol. The highest BCUT2D eigenvalue weighted by Gasteiger charge is 2.16. The third kappa shape index (κ3) is 5.02. The van der Waals surface area contributed by atoms with Gasteiger partial charge in [-0.3, -0.25) is 4.79 Å². The summed E-state index contributed by atoms with van der Waals surface area (Å²) in [6.07, 6.45) is -1.93. The predicted molar refractivity (Wildman–Crippen MR) is 42.7 cm³/mol. The van der Waals surface area contributed by atoms with Crippen LogP contribution in [-0.4, -0.2) is 41.5 Å². The van der Waals surface area contributed by atoms with E-state index in [9.17, 15) is 4.79 Å². The average molecular weight is 189 g/mol.